The molecule has 2 heterocycles. The van der Waals surface area contributed by atoms with Gasteiger partial charge in [-0.15, -0.1) is 10.2 Å². The molecule has 2 N–H and O–H groups in total. The summed E-state index contributed by atoms with van der Waals surface area (Å²) in [4.78, 5) is 12.9. The number of fused-ring (bicyclic) bond motifs is 1. The summed E-state index contributed by atoms with van der Waals surface area (Å²) >= 11 is 12.6. The molecule has 0 aliphatic carbocycles. The first kappa shape index (κ1) is 21.1. The Morgan fingerprint density at radius 3 is 2.68 bits per heavy atom. The molecule has 10 heteroatoms. The first-order valence-corrected chi connectivity index (χ1v) is 10.8. The van der Waals surface area contributed by atoms with Crippen LogP contribution in [0.25, 0.3) is 21.6 Å². The van der Waals surface area contributed by atoms with Crippen LogP contribution in [0.2, 0.25) is 5.02 Å². The van der Waals surface area contributed by atoms with Gasteiger partial charge in [0, 0.05) is 22.3 Å². The predicted octanol–water partition coefficient (Wildman–Crippen LogP) is 4.65. The molecule has 0 saturated carbocycles. The van der Waals surface area contributed by atoms with E-state index in [0.717, 1.165) is 38.2 Å². The highest BCUT2D eigenvalue weighted by Crippen LogP contribution is 2.29. The van der Waals surface area contributed by atoms with E-state index in [2.05, 4.69) is 25.9 Å². The molecule has 7 nitrogen and oxygen atoms in total. The van der Waals surface area contributed by atoms with Crippen molar-refractivity contribution in [2.45, 2.75) is 13.8 Å². The van der Waals surface area contributed by atoms with E-state index in [0.29, 0.717) is 5.02 Å². The number of aromatic nitrogens is 4. The summed E-state index contributed by atoms with van der Waals surface area (Å²) in [7, 11) is 0. The van der Waals surface area contributed by atoms with Crippen LogP contribution in [0.15, 0.2) is 48.5 Å². The molecule has 0 aliphatic rings. The Hall–Kier alpha value is -3.14. The van der Waals surface area contributed by atoms with Gasteiger partial charge in [0.15, 0.2) is 10.9 Å². The van der Waals surface area contributed by atoms with Crippen LogP contribution in [-0.4, -0.2) is 30.8 Å². The van der Waals surface area contributed by atoms with Crippen LogP contribution in [0.3, 0.4) is 0 Å². The minimum absolute atomic E-state index is 0.208. The number of halogens is 1. The number of aryl methyl sites for hydroxylation is 2. The third-order valence-electron chi connectivity index (χ3n) is 4.41. The maximum atomic E-state index is 12.2. The third-order valence-corrected chi connectivity index (χ3v) is 5.82. The molecular formula is C21H17ClN6OS2. The number of amides is 1. The zero-order valence-corrected chi connectivity index (χ0v) is 19.0. The van der Waals surface area contributed by atoms with Crippen molar-refractivity contribution in [3.05, 3.63) is 70.5 Å². The minimum atomic E-state index is -0.328. The van der Waals surface area contributed by atoms with Gasteiger partial charge >= 0.3 is 0 Å². The lowest BCUT2D eigenvalue weighted by Gasteiger charge is -2.12. The van der Waals surface area contributed by atoms with Gasteiger partial charge < -0.3 is 5.32 Å². The second kappa shape index (κ2) is 8.93. The van der Waals surface area contributed by atoms with Crippen molar-refractivity contribution in [3.8, 4) is 10.6 Å². The number of hydrogen-bond acceptors (Lipinski definition) is 6. The summed E-state index contributed by atoms with van der Waals surface area (Å²) in [6.07, 6.45) is 3.11. The second-order valence-corrected chi connectivity index (χ2v) is 8.51. The molecular weight excluding hydrogens is 452 g/mol. The molecule has 2 aromatic carbocycles. The zero-order valence-electron chi connectivity index (χ0n) is 16.6. The number of nitrogens with zero attached hydrogens (tertiary/aromatic N) is 4. The van der Waals surface area contributed by atoms with Crippen LogP contribution < -0.4 is 10.6 Å². The second-order valence-electron chi connectivity index (χ2n) is 6.71. The number of carbonyl (C=O) groups is 1. The summed E-state index contributed by atoms with van der Waals surface area (Å²) in [6.45, 7) is 3.81. The summed E-state index contributed by atoms with van der Waals surface area (Å²) in [5.74, 6) is 0.406. The lowest BCUT2D eigenvalue weighted by molar-refractivity contribution is -0.115. The number of anilines is 1. The van der Waals surface area contributed by atoms with Crippen molar-refractivity contribution in [3.63, 3.8) is 0 Å². The molecule has 0 spiro atoms. The number of nitrogens with one attached hydrogen (secondary N) is 2. The largest absolute Gasteiger partial charge is 0.332 e. The number of hydrogen-bond donors (Lipinski definition) is 2. The lowest BCUT2D eigenvalue weighted by Crippen LogP contribution is -2.33. The smallest absolute Gasteiger partial charge is 0.250 e. The molecule has 4 rings (SSSR count). The average Bonchev–Trinajstić information content (AvgIpc) is 3.31. The van der Waals surface area contributed by atoms with Crippen LogP contribution in [0.1, 0.15) is 17.0 Å². The van der Waals surface area contributed by atoms with Gasteiger partial charge in [-0.3, -0.25) is 10.1 Å². The highest BCUT2D eigenvalue weighted by atomic mass is 35.5. The van der Waals surface area contributed by atoms with Crippen LogP contribution in [0.4, 0.5) is 5.69 Å². The van der Waals surface area contributed by atoms with E-state index in [1.54, 1.807) is 22.7 Å². The number of thiocarbonyl (C=S) groups is 1. The Labute approximate surface area is 192 Å². The molecule has 4 aromatic rings. The molecule has 0 radical (unpaired) electrons. The van der Waals surface area contributed by atoms with E-state index >= 15 is 0 Å². The Morgan fingerprint density at radius 2 is 1.94 bits per heavy atom. The van der Waals surface area contributed by atoms with Gasteiger partial charge in [0.1, 0.15) is 5.01 Å². The molecule has 0 unspecified atom stereocenters. The number of rotatable bonds is 4. The fraction of sp³-hybridized carbons (Fsp3) is 0.0952. The SMILES string of the molecule is Cc1ccc(-c2nn3c(C)nnc3s2)cc1NC(=S)NC(=O)/C=C/c1ccc(Cl)cc1. The Bertz CT molecular complexity index is 1310. The summed E-state index contributed by atoms with van der Waals surface area (Å²) in [5, 5.41) is 20.1. The van der Waals surface area contributed by atoms with Crippen molar-refractivity contribution < 1.29 is 4.79 Å². The molecule has 31 heavy (non-hydrogen) atoms. The molecule has 1 amide bonds. The first-order chi connectivity index (χ1) is 14.9. The quantitative estimate of drug-likeness (QED) is 0.335. The third kappa shape index (κ3) is 4.96. The van der Waals surface area contributed by atoms with Crippen LogP contribution in [0.5, 0.6) is 0 Å². The summed E-state index contributed by atoms with van der Waals surface area (Å²) in [5.41, 5.74) is 3.55. The summed E-state index contributed by atoms with van der Waals surface area (Å²) < 4.78 is 1.71. The van der Waals surface area contributed by atoms with E-state index in [1.807, 2.05) is 44.2 Å². The van der Waals surface area contributed by atoms with Gasteiger partial charge in [-0.05, 0) is 61.5 Å². The maximum absolute atomic E-state index is 12.2. The van der Waals surface area contributed by atoms with Gasteiger partial charge in [0.05, 0.1) is 0 Å². The van der Waals surface area contributed by atoms with E-state index in [4.69, 9.17) is 23.8 Å². The molecule has 0 fully saturated rings. The van der Waals surface area contributed by atoms with Crippen LogP contribution in [0, 0.1) is 13.8 Å². The Kier molecular flexibility index (Phi) is 6.08. The van der Waals surface area contributed by atoms with E-state index in [9.17, 15) is 4.79 Å². The molecule has 0 bridgehead atoms. The fourth-order valence-electron chi connectivity index (χ4n) is 2.77. The molecule has 2 aromatic heterocycles. The molecule has 156 valence electrons. The molecule has 0 saturated heterocycles. The maximum Gasteiger partial charge on any atom is 0.250 e. The van der Waals surface area contributed by atoms with Crippen molar-refractivity contribution in [2.24, 2.45) is 0 Å². The highest BCUT2D eigenvalue weighted by molar-refractivity contribution is 7.80. The molecule has 0 atom stereocenters. The van der Waals surface area contributed by atoms with Gasteiger partial charge in [0.2, 0.25) is 10.9 Å². The van der Waals surface area contributed by atoms with Crippen molar-refractivity contribution in [1.82, 2.24) is 25.1 Å². The normalized spacial score (nSPS) is 11.2. The van der Waals surface area contributed by atoms with Crippen molar-refractivity contribution in [1.29, 1.82) is 0 Å². The fourth-order valence-corrected chi connectivity index (χ4v) is 3.99. The minimum Gasteiger partial charge on any atom is -0.332 e. The standard InChI is InChI=1S/C21H17ClN6OS2/c1-12-3-7-15(19-27-28-13(2)25-26-21(28)31-19)11-17(12)23-20(30)24-18(29)10-6-14-4-8-16(22)9-5-14/h3-11H,1-2H3,(H2,23,24,29,30)/b10-6+. The van der Waals surface area contributed by atoms with Gasteiger partial charge in [-0.1, -0.05) is 47.2 Å². The highest BCUT2D eigenvalue weighted by Gasteiger charge is 2.12. The first-order valence-electron chi connectivity index (χ1n) is 9.24. The van der Waals surface area contributed by atoms with E-state index in [-0.39, 0.29) is 11.0 Å². The van der Waals surface area contributed by atoms with Crippen LogP contribution >= 0.6 is 35.2 Å². The number of carbonyl (C=O) groups excluding carboxylic acids is 1. The monoisotopic (exact) mass is 468 g/mol. The molecule has 0 aliphatic heterocycles. The van der Waals surface area contributed by atoms with Gasteiger partial charge in [-0.2, -0.15) is 9.61 Å². The van der Waals surface area contributed by atoms with Crippen molar-refractivity contribution >= 4 is 62.9 Å². The van der Waals surface area contributed by atoms with Gasteiger partial charge in [0.25, 0.3) is 0 Å². The summed E-state index contributed by atoms with van der Waals surface area (Å²) in [6, 6.07) is 13.1. The van der Waals surface area contributed by atoms with Crippen molar-refractivity contribution in [2.75, 3.05) is 5.32 Å². The topological polar surface area (TPSA) is 84.2 Å². The Balaban J connectivity index is 1.44. The lowest BCUT2D eigenvalue weighted by atomic mass is 10.1. The van der Waals surface area contributed by atoms with Gasteiger partial charge in [-0.25, -0.2) is 0 Å². The van der Waals surface area contributed by atoms with E-state index in [1.165, 1.54) is 17.4 Å². The zero-order chi connectivity index (χ0) is 22.0. The number of benzene rings is 2. The van der Waals surface area contributed by atoms with Crippen LogP contribution in [-0.2, 0) is 4.79 Å². The Morgan fingerprint density at radius 1 is 1.16 bits per heavy atom. The predicted molar refractivity (Wildman–Crippen MR) is 128 cm³/mol. The van der Waals surface area contributed by atoms with E-state index < -0.39 is 0 Å². The average molecular weight is 469 g/mol.